The Labute approximate surface area is 109 Å². The van der Waals surface area contributed by atoms with E-state index in [1.54, 1.807) is 12.1 Å². The summed E-state index contributed by atoms with van der Waals surface area (Å²) in [6.07, 6.45) is 1.21. The second-order valence-corrected chi connectivity index (χ2v) is 5.65. The summed E-state index contributed by atoms with van der Waals surface area (Å²) in [5.74, 6) is 2.25. The van der Waals surface area contributed by atoms with Crippen LogP contribution in [0.25, 0.3) is 0 Å². The lowest BCUT2D eigenvalue weighted by molar-refractivity contribution is 0.626. The topological polar surface area (TPSA) is 3.24 Å². The number of anilines is 1. The van der Waals surface area contributed by atoms with Crippen molar-refractivity contribution in [1.29, 1.82) is 0 Å². The highest BCUT2D eigenvalue weighted by Gasteiger charge is 2.13. The summed E-state index contributed by atoms with van der Waals surface area (Å²) in [5.41, 5.74) is 2.23. The second-order valence-electron chi connectivity index (χ2n) is 3.86. The van der Waals surface area contributed by atoms with Gasteiger partial charge in [-0.3, -0.25) is 0 Å². The van der Waals surface area contributed by atoms with E-state index in [4.69, 9.17) is 0 Å². The Morgan fingerprint density at radius 3 is 3.00 bits per heavy atom. The maximum absolute atomic E-state index is 13.1. The molecule has 88 valence electrons. The van der Waals surface area contributed by atoms with Crippen molar-refractivity contribution in [3.8, 4) is 0 Å². The first kappa shape index (κ1) is 12.2. The summed E-state index contributed by atoms with van der Waals surface area (Å²) < 4.78 is 13.1. The zero-order valence-corrected chi connectivity index (χ0v) is 11.5. The zero-order valence-electron chi connectivity index (χ0n) is 9.09. The van der Waals surface area contributed by atoms with Gasteiger partial charge in [-0.15, -0.1) is 0 Å². The van der Waals surface area contributed by atoms with E-state index in [2.05, 4.69) is 20.8 Å². The van der Waals surface area contributed by atoms with Crippen molar-refractivity contribution in [3.63, 3.8) is 0 Å². The summed E-state index contributed by atoms with van der Waals surface area (Å²) >= 11 is 5.43. The molecule has 0 aromatic heterocycles. The van der Waals surface area contributed by atoms with Gasteiger partial charge < -0.3 is 4.90 Å². The van der Waals surface area contributed by atoms with Crippen molar-refractivity contribution >= 4 is 33.4 Å². The molecule has 1 heterocycles. The molecule has 0 spiro atoms. The molecule has 1 aromatic carbocycles. The summed E-state index contributed by atoms with van der Waals surface area (Å²) in [7, 11) is 0. The normalized spacial score (nSPS) is 17.2. The molecular formula is C12H15BrFNS. The minimum absolute atomic E-state index is 0.151. The third kappa shape index (κ3) is 2.92. The molecule has 0 amide bonds. The van der Waals surface area contributed by atoms with Crippen LogP contribution in [-0.4, -0.2) is 24.6 Å². The monoisotopic (exact) mass is 303 g/mol. The van der Waals surface area contributed by atoms with Crippen LogP contribution in [0.4, 0.5) is 10.1 Å². The quantitative estimate of drug-likeness (QED) is 0.767. The Kier molecular flexibility index (Phi) is 4.53. The molecule has 4 heteroatoms. The zero-order chi connectivity index (χ0) is 11.4. The predicted octanol–water partition coefficient (Wildman–Crippen LogP) is 3.66. The van der Waals surface area contributed by atoms with Gasteiger partial charge in [-0.05, 0) is 35.9 Å². The van der Waals surface area contributed by atoms with E-state index in [1.165, 1.54) is 23.6 Å². The van der Waals surface area contributed by atoms with Gasteiger partial charge in [-0.25, -0.2) is 4.39 Å². The summed E-state index contributed by atoms with van der Waals surface area (Å²) in [6, 6.07) is 5.09. The average Bonchev–Trinajstić information content (AvgIpc) is 2.57. The fourth-order valence-corrected chi connectivity index (χ4v) is 3.29. The van der Waals surface area contributed by atoms with Crippen LogP contribution in [0.5, 0.6) is 0 Å². The van der Waals surface area contributed by atoms with Gasteiger partial charge in [-0.2, -0.15) is 11.8 Å². The van der Waals surface area contributed by atoms with Crippen LogP contribution in [0, 0.1) is 5.82 Å². The van der Waals surface area contributed by atoms with Crippen molar-refractivity contribution < 1.29 is 4.39 Å². The Bertz CT molecular complexity index is 351. The van der Waals surface area contributed by atoms with E-state index in [9.17, 15) is 4.39 Å². The first-order chi connectivity index (χ1) is 7.81. The lowest BCUT2D eigenvalue weighted by Gasteiger charge is -2.24. The smallest absolute Gasteiger partial charge is 0.123 e. The van der Waals surface area contributed by atoms with E-state index in [1.807, 2.05) is 17.8 Å². The van der Waals surface area contributed by atoms with Gasteiger partial charge in [0, 0.05) is 29.9 Å². The van der Waals surface area contributed by atoms with E-state index in [0.29, 0.717) is 5.33 Å². The van der Waals surface area contributed by atoms with Crippen LogP contribution < -0.4 is 4.90 Å². The largest absolute Gasteiger partial charge is 0.370 e. The number of hydrogen-bond donors (Lipinski definition) is 0. The first-order valence-electron chi connectivity index (χ1n) is 5.48. The van der Waals surface area contributed by atoms with Crippen molar-refractivity contribution in [2.24, 2.45) is 0 Å². The van der Waals surface area contributed by atoms with E-state index >= 15 is 0 Å². The minimum Gasteiger partial charge on any atom is -0.370 e. The molecule has 0 unspecified atom stereocenters. The highest BCUT2D eigenvalue weighted by Crippen LogP contribution is 2.26. The van der Waals surface area contributed by atoms with Crippen molar-refractivity contribution in [2.75, 3.05) is 29.5 Å². The molecule has 0 N–H and O–H groups in total. The number of rotatable bonds is 2. The molecule has 1 aliphatic rings. The maximum atomic E-state index is 13.1. The Morgan fingerprint density at radius 2 is 2.19 bits per heavy atom. The van der Waals surface area contributed by atoms with Gasteiger partial charge in [-0.1, -0.05) is 15.9 Å². The molecule has 1 nitrogen and oxygen atoms in total. The van der Waals surface area contributed by atoms with Crippen molar-refractivity contribution in [1.82, 2.24) is 0 Å². The lowest BCUT2D eigenvalue weighted by atomic mass is 10.1. The third-order valence-corrected chi connectivity index (χ3v) is 4.40. The molecule has 1 saturated heterocycles. The molecule has 0 atom stereocenters. The SMILES string of the molecule is Fc1ccc(N2CCCSCC2)c(CBr)c1. The highest BCUT2D eigenvalue weighted by molar-refractivity contribution is 9.08. The average molecular weight is 304 g/mol. The number of hydrogen-bond acceptors (Lipinski definition) is 2. The fraction of sp³-hybridized carbons (Fsp3) is 0.500. The van der Waals surface area contributed by atoms with E-state index < -0.39 is 0 Å². The van der Waals surface area contributed by atoms with Crippen LogP contribution >= 0.6 is 27.7 Å². The van der Waals surface area contributed by atoms with Crippen molar-refractivity contribution in [2.45, 2.75) is 11.8 Å². The van der Waals surface area contributed by atoms with Gasteiger partial charge in [0.1, 0.15) is 5.82 Å². The summed E-state index contributed by atoms with van der Waals surface area (Å²) in [6.45, 7) is 2.15. The number of benzene rings is 1. The predicted molar refractivity (Wildman–Crippen MR) is 73.2 cm³/mol. The minimum atomic E-state index is -0.151. The first-order valence-corrected chi connectivity index (χ1v) is 7.76. The van der Waals surface area contributed by atoms with E-state index in [0.717, 1.165) is 18.7 Å². The van der Waals surface area contributed by atoms with Gasteiger partial charge >= 0.3 is 0 Å². The molecule has 1 aromatic rings. The second kappa shape index (κ2) is 5.92. The molecule has 16 heavy (non-hydrogen) atoms. The molecule has 0 saturated carbocycles. The fourth-order valence-electron chi connectivity index (χ4n) is 1.96. The summed E-state index contributed by atoms with van der Waals surface area (Å²) in [5, 5.41) is 0.712. The Hall–Kier alpha value is -0.220. The molecule has 2 rings (SSSR count). The van der Waals surface area contributed by atoms with Gasteiger partial charge in [0.25, 0.3) is 0 Å². The van der Waals surface area contributed by atoms with Gasteiger partial charge in [0.05, 0.1) is 0 Å². The molecule has 0 radical (unpaired) electrons. The number of thioether (sulfide) groups is 1. The number of nitrogens with zero attached hydrogens (tertiary/aromatic N) is 1. The van der Waals surface area contributed by atoms with Gasteiger partial charge in [0.15, 0.2) is 0 Å². The van der Waals surface area contributed by atoms with Crippen LogP contribution in [0.2, 0.25) is 0 Å². The van der Waals surface area contributed by atoms with Crippen molar-refractivity contribution in [3.05, 3.63) is 29.6 Å². The Balaban J connectivity index is 2.23. The van der Waals surface area contributed by atoms with Crippen LogP contribution in [-0.2, 0) is 5.33 Å². The van der Waals surface area contributed by atoms with Crippen LogP contribution in [0.1, 0.15) is 12.0 Å². The molecule has 1 fully saturated rings. The summed E-state index contributed by atoms with van der Waals surface area (Å²) in [4.78, 5) is 2.37. The maximum Gasteiger partial charge on any atom is 0.123 e. The third-order valence-electron chi connectivity index (χ3n) is 2.75. The molecule has 0 aliphatic carbocycles. The lowest BCUT2D eigenvalue weighted by Crippen LogP contribution is -2.26. The number of alkyl halides is 1. The van der Waals surface area contributed by atoms with Crippen LogP contribution in [0.3, 0.4) is 0 Å². The molecule has 1 aliphatic heterocycles. The number of halogens is 2. The molecule has 0 bridgehead atoms. The highest BCUT2D eigenvalue weighted by atomic mass is 79.9. The van der Waals surface area contributed by atoms with Crippen LogP contribution in [0.15, 0.2) is 18.2 Å². The molecular weight excluding hydrogens is 289 g/mol. The Morgan fingerprint density at radius 1 is 1.31 bits per heavy atom. The van der Waals surface area contributed by atoms with E-state index in [-0.39, 0.29) is 5.82 Å². The standard InChI is InChI=1S/C12H15BrFNS/c13-9-10-8-11(14)2-3-12(10)15-4-1-6-16-7-5-15/h2-3,8H,1,4-7,9H2. The van der Waals surface area contributed by atoms with Gasteiger partial charge in [0.2, 0.25) is 0 Å².